The first-order valence-electron chi connectivity index (χ1n) is 6.85. The SMILES string of the molecule is CCNCC(C)CN1CCCc2ccccc21. The molecular weight excluding hydrogens is 208 g/mol. The van der Waals surface area contributed by atoms with Crippen molar-refractivity contribution in [3.63, 3.8) is 0 Å². The van der Waals surface area contributed by atoms with Crippen LogP contribution in [0.25, 0.3) is 0 Å². The predicted molar refractivity (Wildman–Crippen MR) is 74.7 cm³/mol. The van der Waals surface area contributed by atoms with Crippen LogP contribution in [0.5, 0.6) is 0 Å². The van der Waals surface area contributed by atoms with Gasteiger partial charge in [0.25, 0.3) is 0 Å². The molecule has 0 aliphatic carbocycles. The number of anilines is 1. The highest BCUT2D eigenvalue weighted by Gasteiger charge is 2.17. The molecule has 0 saturated heterocycles. The first-order chi connectivity index (χ1) is 8.31. The molecule has 0 amide bonds. The van der Waals surface area contributed by atoms with Crippen molar-refractivity contribution in [1.29, 1.82) is 0 Å². The van der Waals surface area contributed by atoms with Gasteiger partial charge in [0, 0.05) is 18.8 Å². The third-order valence-corrected chi connectivity index (χ3v) is 3.48. The topological polar surface area (TPSA) is 15.3 Å². The average Bonchev–Trinajstić information content (AvgIpc) is 2.37. The van der Waals surface area contributed by atoms with Gasteiger partial charge in [0.15, 0.2) is 0 Å². The van der Waals surface area contributed by atoms with E-state index >= 15 is 0 Å². The third kappa shape index (κ3) is 3.22. The van der Waals surface area contributed by atoms with Crippen molar-refractivity contribution >= 4 is 5.69 Å². The normalized spacial score (nSPS) is 16.7. The highest BCUT2D eigenvalue weighted by molar-refractivity contribution is 5.55. The first kappa shape index (κ1) is 12.4. The summed E-state index contributed by atoms with van der Waals surface area (Å²) >= 11 is 0. The molecule has 0 radical (unpaired) electrons. The summed E-state index contributed by atoms with van der Waals surface area (Å²) in [5.41, 5.74) is 2.98. The Labute approximate surface area is 105 Å². The number of hydrogen-bond acceptors (Lipinski definition) is 2. The molecule has 0 spiro atoms. The molecule has 0 saturated carbocycles. The zero-order valence-electron chi connectivity index (χ0n) is 11.1. The van der Waals surface area contributed by atoms with E-state index in [0.717, 1.165) is 13.1 Å². The van der Waals surface area contributed by atoms with E-state index in [1.165, 1.54) is 37.2 Å². The van der Waals surface area contributed by atoms with Gasteiger partial charge in [-0.15, -0.1) is 0 Å². The maximum Gasteiger partial charge on any atom is 0.0398 e. The largest absolute Gasteiger partial charge is 0.371 e. The number of nitrogens with zero attached hydrogens (tertiary/aromatic N) is 1. The van der Waals surface area contributed by atoms with Crippen LogP contribution < -0.4 is 10.2 Å². The molecule has 1 aromatic carbocycles. The van der Waals surface area contributed by atoms with Gasteiger partial charge in [-0.25, -0.2) is 0 Å². The quantitative estimate of drug-likeness (QED) is 0.839. The van der Waals surface area contributed by atoms with E-state index in [1.54, 1.807) is 0 Å². The second-order valence-electron chi connectivity index (χ2n) is 5.09. The molecule has 1 aliphatic rings. The van der Waals surface area contributed by atoms with E-state index in [0.29, 0.717) is 5.92 Å². The van der Waals surface area contributed by atoms with Crippen LogP contribution in [-0.4, -0.2) is 26.2 Å². The van der Waals surface area contributed by atoms with Crippen molar-refractivity contribution in [3.05, 3.63) is 29.8 Å². The van der Waals surface area contributed by atoms with Gasteiger partial charge in [-0.2, -0.15) is 0 Å². The van der Waals surface area contributed by atoms with Gasteiger partial charge in [0.2, 0.25) is 0 Å². The highest BCUT2D eigenvalue weighted by Crippen LogP contribution is 2.27. The van der Waals surface area contributed by atoms with E-state index in [2.05, 4.69) is 48.3 Å². The van der Waals surface area contributed by atoms with E-state index in [-0.39, 0.29) is 0 Å². The van der Waals surface area contributed by atoms with E-state index < -0.39 is 0 Å². The molecule has 2 heteroatoms. The van der Waals surface area contributed by atoms with Crippen molar-refractivity contribution in [2.75, 3.05) is 31.1 Å². The van der Waals surface area contributed by atoms with Crippen LogP contribution in [0.3, 0.4) is 0 Å². The summed E-state index contributed by atoms with van der Waals surface area (Å²) in [6.07, 6.45) is 2.54. The number of fused-ring (bicyclic) bond motifs is 1. The lowest BCUT2D eigenvalue weighted by Crippen LogP contribution is -2.36. The summed E-state index contributed by atoms with van der Waals surface area (Å²) < 4.78 is 0. The maximum absolute atomic E-state index is 3.43. The van der Waals surface area contributed by atoms with Crippen LogP contribution in [0, 0.1) is 5.92 Å². The third-order valence-electron chi connectivity index (χ3n) is 3.48. The monoisotopic (exact) mass is 232 g/mol. The molecule has 1 atom stereocenters. The number of para-hydroxylation sites is 1. The van der Waals surface area contributed by atoms with Crippen molar-refractivity contribution in [2.45, 2.75) is 26.7 Å². The smallest absolute Gasteiger partial charge is 0.0398 e. The standard InChI is InChI=1S/C15H24N2/c1-3-16-11-13(2)12-17-10-6-8-14-7-4-5-9-15(14)17/h4-5,7,9,13,16H,3,6,8,10-12H2,1-2H3. The first-order valence-corrected chi connectivity index (χ1v) is 6.85. The summed E-state index contributed by atoms with van der Waals surface area (Å²) in [6, 6.07) is 8.86. The van der Waals surface area contributed by atoms with Gasteiger partial charge in [-0.05, 0) is 43.5 Å². The fraction of sp³-hybridized carbons (Fsp3) is 0.600. The molecule has 2 nitrogen and oxygen atoms in total. The molecule has 2 rings (SSSR count). The summed E-state index contributed by atoms with van der Waals surface area (Å²) in [7, 11) is 0. The molecule has 0 aromatic heterocycles. The number of aryl methyl sites for hydroxylation is 1. The maximum atomic E-state index is 3.43. The van der Waals surface area contributed by atoms with Gasteiger partial charge in [0.05, 0.1) is 0 Å². The summed E-state index contributed by atoms with van der Waals surface area (Å²) in [5, 5.41) is 3.43. The van der Waals surface area contributed by atoms with E-state index in [9.17, 15) is 0 Å². The van der Waals surface area contributed by atoms with Crippen LogP contribution in [0.1, 0.15) is 25.8 Å². The van der Waals surface area contributed by atoms with Crippen LogP contribution >= 0.6 is 0 Å². The lowest BCUT2D eigenvalue weighted by atomic mass is 10.0. The van der Waals surface area contributed by atoms with Gasteiger partial charge in [-0.1, -0.05) is 32.0 Å². The lowest BCUT2D eigenvalue weighted by molar-refractivity contribution is 0.503. The van der Waals surface area contributed by atoms with E-state index in [1.807, 2.05) is 0 Å². The number of hydrogen-bond donors (Lipinski definition) is 1. The fourth-order valence-electron chi connectivity index (χ4n) is 2.63. The minimum absolute atomic E-state index is 0.709. The predicted octanol–water partition coefficient (Wildman–Crippen LogP) is 2.68. The second kappa shape index (κ2) is 6.06. The fourth-order valence-corrected chi connectivity index (χ4v) is 2.63. The van der Waals surface area contributed by atoms with Gasteiger partial charge in [-0.3, -0.25) is 0 Å². The molecule has 1 heterocycles. The van der Waals surface area contributed by atoms with Crippen molar-refractivity contribution in [1.82, 2.24) is 5.32 Å². The Morgan fingerprint density at radius 1 is 1.35 bits per heavy atom. The Balaban J connectivity index is 1.98. The molecule has 0 fully saturated rings. The minimum Gasteiger partial charge on any atom is -0.371 e. The molecule has 94 valence electrons. The molecule has 1 aromatic rings. The van der Waals surface area contributed by atoms with Crippen molar-refractivity contribution in [3.8, 4) is 0 Å². The van der Waals surface area contributed by atoms with Crippen molar-refractivity contribution < 1.29 is 0 Å². The Morgan fingerprint density at radius 3 is 3.00 bits per heavy atom. The number of benzene rings is 1. The van der Waals surface area contributed by atoms with Crippen LogP contribution in [0.2, 0.25) is 0 Å². The van der Waals surface area contributed by atoms with Crippen LogP contribution in [0.4, 0.5) is 5.69 Å². The lowest BCUT2D eigenvalue weighted by Gasteiger charge is -2.33. The summed E-state index contributed by atoms with van der Waals surface area (Å²) in [6.45, 7) is 9.08. The minimum atomic E-state index is 0.709. The Morgan fingerprint density at radius 2 is 2.18 bits per heavy atom. The number of nitrogens with one attached hydrogen (secondary N) is 1. The zero-order valence-corrected chi connectivity index (χ0v) is 11.1. The molecule has 0 bridgehead atoms. The average molecular weight is 232 g/mol. The summed E-state index contributed by atoms with van der Waals surface area (Å²) in [5.74, 6) is 0.709. The highest BCUT2D eigenvalue weighted by atomic mass is 15.1. The number of rotatable bonds is 5. The molecule has 1 N–H and O–H groups in total. The van der Waals surface area contributed by atoms with Gasteiger partial charge < -0.3 is 10.2 Å². The zero-order chi connectivity index (χ0) is 12.1. The Kier molecular flexibility index (Phi) is 4.43. The van der Waals surface area contributed by atoms with E-state index in [4.69, 9.17) is 0 Å². The second-order valence-corrected chi connectivity index (χ2v) is 5.09. The van der Waals surface area contributed by atoms with Gasteiger partial charge in [0.1, 0.15) is 0 Å². The Hall–Kier alpha value is -1.02. The molecule has 1 unspecified atom stereocenters. The molecular formula is C15H24N2. The molecule has 17 heavy (non-hydrogen) atoms. The summed E-state index contributed by atoms with van der Waals surface area (Å²) in [4.78, 5) is 2.56. The van der Waals surface area contributed by atoms with Gasteiger partial charge >= 0.3 is 0 Å². The van der Waals surface area contributed by atoms with Crippen LogP contribution in [-0.2, 0) is 6.42 Å². The molecule has 1 aliphatic heterocycles. The Bertz CT molecular complexity index is 349. The van der Waals surface area contributed by atoms with Crippen LogP contribution in [0.15, 0.2) is 24.3 Å². The van der Waals surface area contributed by atoms with Crippen molar-refractivity contribution in [2.24, 2.45) is 5.92 Å².